The van der Waals surface area contributed by atoms with Crippen LogP contribution in [0.4, 0.5) is 0 Å². The Hall–Kier alpha value is -2.98. The number of benzene rings is 2. The zero-order valence-corrected chi connectivity index (χ0v) is 24.0. The summed E-state index contributed by atoms with van der Waals surface area (Å²) in [5, 5.41) is 10.8. The van der Waals surface area contributed by atoms with Crippen LogP contribution in [-0.2, 0) is 12.8 Å². The normalized spacial score (nSPS) is 25.1. The molecule has 2 aromatic rings. The Morgan fingerprint density at radius 2 is 1.66 bits per heavy atom. The van der Waals surface area contributed by atoms with Gasteiger partial charge >= 0.3 is 0 Å². The van der Waals surface area contributed by atoms with Crippen LogP contribution < -0.4 is 14.2 Å². The molecule has 3 aliphatic rings. The molecule has 38 heavy (non-hydrogen) atoms. The van der Waals surface area contributed by atoms with Gasteiger partial charge in [-0.05, 0) is 104 Å². The Morgan fingerprint density at radius 3 is 2.32 bits per heavy atom. The Bertz CT molecular complexity index is 1320. The third-order valence-electron chi connectivity index (χ3n) is 9.06. The van der Waals surface area contributed by atoms with E-state index in [0.29, 0.717) is 0 Å². The van der Waals surface area contributed by atoms with Gasteiger partial charge in [-0.3, -0.25) is 0 Å². The molecule has 0 bridgehead atoms. The lowest BCUT2D eigenvalue weighted by Gasteiger charge is -2.55. The van der Waals surface area contributed by atoms with Gasteiger partial charge in [0.1, 0.15) is 11.4 Å². The molecule has 0 amide bonds. The van der Waals surface area contributed by atoms with Crippen LogP contribution in [0, 0.1) is 11.3 Å². The maximum absolute atomic E-state index is 10.8. The van der Waals surface area contributed by atoms with E-state index < -0.39 is 0 Å². The second-order valence-electron chi connectivity index (χ2n) is 12.3. The molecular weight excluding hydrogens is 472 g/mol. The predicted octanol–water partition coefficient (Wildman–Crippen LogP) is 7.66. The fourth-order valence-electron chi connectivity index (χ4n) is 6.75. The van der Waals surface area contributed by atoms with Crippen LogP contribution in [0.1, 0.15) is 81.7 Å². The lowest BCUT2D eigenvalue weighted by molar-refractivity contribution is -0.138. The third-order valence-corrected chi connectivity index (χ3v) is 9.06. The van der Waals surface area contributed by atoms with Crippen LogP contribution >= 0.6 is 0 Å². The van der Waals surface area contributed by atoms with E-state index >= 15 is 0 Å². The lowest BCUT2D eigenvalue weighted by Crippen LogP contribution is -2.58. The number of aliphatic hydroxyl groups is 1. The van der Waals surface area contributed by atoms with Gasteiger partial charge < -0.3 is 19.3 Å². The summed E-state index contributed by atoms with van der Waals surface area (Å²) in [6.07, 6.45) is 12.9. The number of aliphatic hydroxyl groups excluding tert-OH is 1. The van der Waals surface area contributed by atoms with Gasteiger partial charge in [-0.1, -0.05) is 49.8 Å². The minimum Gasteiger partial charge on any atom is -0.496 e. The van der Waals surface area contributed by atoms with Crippen molar-refractivity contribution in [3.8, 4) is 17.2 Å². The summed E-state index contributed by atoms with van der Waals surface area (Å²) in [5.74, 6) is 2.78. The molecule has 0 spiro atoms. The van der Waals surface area contributed by atoms with Crippen molar-refractivity contribution in [2.24, 2.45) is 11.3 Å². The molecule has 4 nitrogen and oxygen atoms in total. The molecule has 2 aromatic carbocycles. The largest absolute Gasteiger partial charge is 0.496 e. The molecule has 1 heterocycles. The average Bonchev–Trinajstić information content (AvgIpc) is 3.30. The molecule has 202 valence electrons. The van der Waals surface area contributed by atoms with Crippen LogP contribution in [-0.4, -0.2) is 31.0 Å². The summed E-state index contributed by atoms with van der Waals surface area (Å²) in [5.41, 5.74) is 8.05. The second-order valence-corrected chi connectivity index (χ2v) is 12.3. The van der Waals surface area contributed by atoms with Crippen molar-refractivity contribution in [3.63, 3.8) is 0 Å². The number of allylic oxidation sites excluding steroid dienone is 4. The molecular formula is C34H42O4. The Morgan fingerprint density at radius 1 is 1.00 bits per heavy atom. The summed E-state index contributed by atoms with van der Waals surface area (Å²) in [6.45, 7) is 10.8. The van der Waals surface area contributed by atoms with Crippen LogP contribution in [0.15, 0.2) is 42.0 Å². The van der Waals surface area contributed by atoms with E-state index in [-0.39, 0.29) is 23.0 Å². The number of ether oxygens (including phenoxy) is 3. The highest BCUT2D eigenvalue weighted by Crippen LogP contribution is 2.55. The first-order valence-electron chi connectivity index (χ1n) is 13.9. The van der Waals surface area contributed by atoms with Crippen molar-refractivity contribution in [2.45, 2.75) is 78.4 Å². The van der Waals surface area contributed by atoms with E-state index in [1.807, 2.05) is 0 Å². The first-order chi connectivity index (χ1) is 18.1. The van der Waals surface area contributed by atoms with Gasteiger partial charge in [0.05, 0.1) is 20.3 Å². The highest BCUT2D eigenvalue weighted by atomic mass is 16.5. The summed E-state index contributed by atoms with van der Waals surface area (Å²) in [4.78, 5) is 0. The van der Waals surface area contributed by atoms with Crippen molar-refractivity contribution in [3.05, 3.63) is 69.8 Å². The molecule has 4 heteroatoms. The van der Waals surface area contributed by atoms with Crippen molar-refractivity contribution in [2.75, 3.05) is 14.2 Å². The maximum atomic E-state index is 10.8. The molecule has 0 radical (unpaired) electrons. The van der Waals surface area contributed by atoms with Gasteiger partial charge in [0.25, 0.3) is 0 Å². The van der Waals surface area contributed by atoms with Crippen molar-refractivity contribution >= 4 is 17.7 Å². The Labute approximate surface area is 228 Å². The van der Waals surface area contributed by atoms with E-state index in [9.17, 15) is 5.11 Å². The van der Waals surface area contributed by atoms with Crippen LogP contribution in [0.2, 0.25) is 0 Å². The van der Waals surface area contributed by atoms with Crippen LogP contribution in [0.25, 0.3) is 17.7 Å². The van der Waals surface area contributed by atoms with E-state index in [1.165, 1.54) is 22.3 Å². The average molecular weight is 515 g/mol. The summed E-state index contributed by atoms with van der Waals surface area (Å²) >= 11 is 0. The summed E-state index contributed by atoms with van der Waals surface area (Å²) < 4.78 is 18.3. The second kappa shape index (κ2) is 9.96. The standard InChI is InChI=1S/C34H42O4/c1-21(2)8-11-24-12-13-25-16-22(18-27(36-6)31(24)25)9-10-23-17-26-20-29-33(3,4)30(35)14-15-34(29,5)38-32(26)28(19-23)37-7/h8-10,12,16-19,29-30,35H,11,13-15,20H2,1-7H3/b10-9+/t29-,30-,34-/m1/s1. The van der Waals surface area contributed by atoms with Gasteiger partial charge in [0.2, 0.25) is 0 Å². The van der Waals surface area contributed by atoms with Crippen molar-refractivity contribution < 1.29 is 19.3 Å². The first kappa shape index (κ1) is 26.6. The molecule has 2 aliphatic carbocycles. The highest BCUT2D eigenvalue weighted by molar-refractivity contribution is 5.81. The number of methoxy groups -OCH3 is 2. The Kier molecular flexibility index (Phi) is 6.98. The SMILES string of the molecule is COc1cc(/C=C/c2cc3c(c(OC)c2)C(CC=C(C)C)=CC3)cc2c1O[C@]1(C)CC[C@@H](O)C(C)(C)[C@H]1C2. The fraction of sp³-hybridized carbons (Fsp3) is 0.471. The smallest absolute Gasteiger partial charge is 0.165 e. The minimum absolute atomic E-state index is 0.219. The van der Waals surface area contributed by atoms with Gasteiger partial charge in [0, 0.05) is 11.5 Å². The lowest BCUT2D eigenvalue weighted by atomic mass is 9.57. The van der Waals surface area contributed by atoms with E-state index in [2.05, 4.69) is 83.2 Å². The quantitative estimate of drug-likeness (QED) is 0.318. The number of rotatable bonds is 6. The summed E-state index contributed by atoms with van der Waals surface area (Å²) in [7, 11) is 3.46. The molecule has 1 saturated carbocycles. The molecule has 0 saturated heterocycles. The monoisotopic (exact) mass is 514 g/mol. The molecule has 1 fully saturated rings. The number of hydrogen-bond donors (Lipinski definition) is 1. The molecule has 3 atom stereocenters. The first-order valence-corrected chi connectivity index (χ1v) is 13.9. The topological polar surface area (TPSA) is 47.9 Å². The number of fused-ring (bicyclic) bond motifs is 3. The fourth-order valence-corrected chi connectivity index (χ4v) is 6.75. The van der Waals surface area contributed by atoms with E-state index in [4.69, 9.17) is 14.2 Å². The van der Waals surface area contributed by atoms with Crippen LogP contribution in [0.3, 0.4) is 0 Å². The minimum atomic E-state index is -0.317. The van der Waals surface area contributed by atoms with E-state index in [0.717, 1.165) is 66.0 Å². The molecule has 1 N–H and O–H groups in total. The number of hydrogen-bond acceptors (Lipinski definition) is 4. The van der Waals surface area contributed by atoms with Crippen LogP contribution in [0.5, 0.6) is 17.2 Å². The van der Waals surface area contributed by atoms with Crippen molar-refractivity contribution in [1.82, 2.24) is 0 Å². The molecule has 0 aromatic heterocycles. The highest BCUT2D eigenvalue weighted by Gasteiger charge is 2.54. The van der Waals surface area contributed by atoms with E-state index in [1.54, 1.807) is 14.2 Å². The zero-order chi connectivity index (χ0) is 27.2. The predicted molar refractivity (Wildman–Crippen MR) is 156 cm³/mol. The van der Waals surface area contributed by atoms with Gasteiger partial charge in [-0.15, -0.1) is 0 Å². The molecule has 1 aliphatic heterocycles. The van der Waals surface area contributed by atoms with Crippen molar-refractivity contribution in [1.29, 1.82) is 0 Å². The van der Waals surface area contributed by atoms with Gasteiger partial charge in [0.15, 0.2) is 11.5 Å². The third kappa shape index (κ3) is 4.68. The molecule has 5 rings (SSSR count). The maximum Gasteiger partial charge on any atom is 0.165 e. The molecule has 0 unspecified atom stereocenters. The zero-order valence-electron chi connectivity index (χ0n) is 24.0. The summed E-state index contributed by atoms with van der Waals surface area (Å²) in [6, 6.07) is 8.68. The van der Waals surface area contributed by atoms with Gasteiger partial charge in [-0.2, -0.15) is 0 Å². The Balaban J connectivity index is 1.45. The van der Waals surface area contributed by atoms with Gasteiger partial charge in [-0.25, -0.2) is 0 Å².